The van der Waals surface area contributed by atoms with Gasteiger partial charge in [0, 0.05) is 12.0 Å². The molecule has 0 heterocycles. The number of aliphatic carboxylic acids is 2. The Bertz CT molecular complexity index is 488. The van der Waals surface area contributed by atoms with Crippen LogP contribution in [-0.2, 0) is 19.1 Å². The Balaban J connectivity index is -0.000000450. The molecular weight excluding hydrogens is 551 g/mol. The quantitative estimate of drug-likeness (QED) is 0.0751. The van der Waals surface area contributed by atoms with Gasteiger partial charge in [0.2, 0.25) is 0 Å². The number of hydrogen-bond donors (Lipinski definition) is 0. The van der Waals surface area contributed by atoms with E-state index in [2.05, 4.69) is 25.5 Å². The van der Waals surface area contributed by atoms with Crippen LogP contribution in [-0.4, -0.2) is 45.7 Å². The molecule has 7 heteroatoms. The Kier molecular flexibility index (Phi) is 38.6. The van der Waals surface area contributed by atoms with Gasteiger partial charge in [-0.15, -0.1) is 0 Å². The van der Waals surface area contributed by atoms with Crippen molar-refractivity contribution in [3.63, 3.8) is 0 Å². The number of carboxylic acids is 2. The summed E-state index contributed by atoms with van der Waals surface area (Å²) in [6.45, 7) is 9.09. The number of carbonyl (C=O) groups is 3. The molecule has 0 aliphatic carbocycles. The van der Waals surface area contributed by atoms with Crippen LogP contribution in [0.5, 0.6) is 0 Å². The van der Waals surface area contributed by atoms with Crippen LogP contribution in [0.2, 0.25) is 8.87 Å². The van der Waals surface area contributed by atoms with Gasteiger partial charge in [0.15, 0.2) is 0 Å². The molecule has 0 amide bonds. The summed E-state index contributed by atoms with van der Waals surface area (Å²) < 4.78 is 7.87. The van der Waals surface area contributed by atoms with Gasteiger partial charge in [0.05, 0.1) is 12.6 Å². The summed E-state index contributed by atoms with van der Waals surface area (Å²) >= 11 is 0.149. The first-order valence-electron chi connectivity index (χ1n) is 13.8. The van der Waals surface area contributed by atoms with Crippen molar-refractivity contribution in [2.75, 3.05) is 6.61 Å². The normalized spacial score (nSPS) is 9.94. The molecule has 0 unspecified atom stereocenters. The molecule has 0 saturated heterocycles. The topological polar surface area (TPSA) is 107 Å². The maximum atomic E-state index is 10.6. The van der Waals surface area contributed by atoms with Crippen LogP contribution in [0.1, 0.15) is 130 Å². The molecule has 0 aliphatic rings. The summed E-state index contributed by atoms with van der Waals surface area (Å²) in [6.07, 6.45) is 20.2. The molecule has 0 radical (unpaired) electrons. The third-order valence-corrected chi connectivity index (χ3v) is 9.03. The second-order valence-corrected chi connectivity index (χ2v) is 12.9. The average molecular weight is 603 g/mol. The molecule has 0 aliphatic heterocycles. The van der Waals surface area contributed by atoms with Crippen LogP contribution >= 0.6 is 0 Å². The fourth-order valence-electron chi connectivity index (χ4n) is 2.81. The van der Waals surface area contributed by atoms with E-state index in [0.717, 1.165) is 31.8 Å². The molecule has 0 bridgehead atoms. The fourth-order valence-corrected chi connectivity index (χ4v) is 6.97. The molecule has 0 rings (SSSR count). The van der Waals surface area contributed by atoms with Crippen molar-refractivity contribution in [2.24, 2.45) is 0 Å². The van der Waals surface area contributed by atoms with Crippen LogP contribution in [0.4, 0.5) is 0 Å². The van der Waals surface area contributed by atoms with E-state index in [1.54, 1.807) is 8.87 Å². The predicted molar refractivity (Wildman–Crippen MR) is 142 cm³/mol. The van der Waals surface area contributed by atoms with Gasteiger partial charge in [-0.2, -0.15) is 0 Å². The molecule has 35 heavy (non-hydrogen) atoms. The second kappa shape index (κ2) is 35.1. The van der Waals surface area contributed by atoms with Crippen molar-refractivity contribution in [1.82, 2.24) is 0 Å². The molecule has 0 aromatic rings. The Hall–Kier alpha value is -1.05. The SMILES string of the molecule is CCCCCCCCCCCC(=O)[O-].CCCCOC(=O)/C=C\C(=O)[O-].CCC[CH2][Sn+2][CH2]CCC. The Morgan fingerprint density at radius 2 is 1.09 bits per heavy atom. The first kappa shape index (κ1) is 38.5. The molecule has 0 aromatic heterocycles. The van der Waals surface area contributed by atoms with Gasteiger partial charge in [0.25, 0.3) is 0 Å². The van der Waals surface area contributed by atoms with E-state index >= 15 is 0 Å². The zero-order valence-electron chi connectivity index (χ0n) is 23.0. The van der Waals surface area contributed by atoms with Crippen LogP contribution < -0.4 is 10.2 Å². The number of carbonyl (C=O) groups excluding carboxylic acids is 3. The van der Waals surface area contributed by atoms with E-state index in [1.807, 2.05) is 6.92 Å². The van der Waals surface area contributed by atoms with Gasteiger partial charge in [-0.3, -0.25) is 0 Å². The Morgan fingerprint density at radius 1 is 0.629 bits per heavy atom. The zero-order valence-corrected chi connectivity index (χ0v) is 25.9. The molecule has 0 fully saturated rings. The first-order chi connectivity index (χ1) is 16.8. The summed E-state index contributed by atoms with van der Waals surface area (Å²) in [6, 6.07) is 0. The van der Waals surface area contributed by atoms with E-state index in [0.29, 0.717) is 12.7 Å². The third kappa shape index (κ3) is 46.9. The first-order valence-corrected chi connectivity index (χ1v) is 17.8. The number of rotatable bonds is 21. The Morgan fingerprint density at radius 3 is 1.51 bits per heavy atom. The summed E-state index contributed by atoms with van der Waals surface area (Å²) in [7, 11) is 0. The van der Waals surface area contributed by atoms with Gasteiger partial charge >= 0.3 is 75.5 Å². The molecule has 204 valence electrons. The van der Waals surface area contributed by atoms with Crippen molar-refractivity contribution in [3.8, 4) is 0 Å². The fraction of sp³-hybridized carbons (Fsp3) is 0.821. The van der Waals surface area contributed by atoms with Crippen molar-refractivity contribution in [1.29, 1.82) is 0 Å². The maximum absolute atomic E-state index is 10.6. The van der Waals surface area contributed by atoms with Gasteiger partial charge in [0.1, 0.15) is 0 Å². The summed E-state index contributed by atoms with van der Waals surface area (Å²) in [4.78, 5) is 30.5. The number of esters is 1. The van der Waals surface area contributed by atoms with E-state index in [1.165, 1.54) is 70.6 Å². The predicted octanol–water partition coefficient (Wildman–Crippen LogP) is 5.42. The minimum atomic E-state index is -1.40. The average Bonchev–Trinajstić information content (AvgIpc) is 2.82. The van der Waals surface area contributed by atoms with E-state index < -0.39 is 17.9 Å². The zero-order chi connectivity index (χ0) is 27.0. The van der Waals surface area contributed by atoms with E-state index in [-0.39, 0.29) is 27.6 Å². The van der Waals surface area contributed by atoms with Gasteiger partial charge in [-0.1, -0.05) is 71.6 Å². The van der Waals surface area contributed by atoms with Crippen molar-refractivity contribution in [2.45, 2.75) is 139 Å². The second-order valence-electron chi connectivity index (χ2n) is 8.58. The van der Waals surface area contributed by atoms with E-state index in [4.69, 9.17) is 0 Å². The van der Waals surface area contributed by atoms with Crippen molar-refractivity contribution < 1.29 is 29.3 Å². The minimum absolute atomic E-state index is 0.149. The summed E-state index contributed by atoms with van der Waals surface area (Å²) in [5, 5.41) is 19.9. The van der Waals surface area contributed by atoms with Crippen LogP contribution in [0.3, 0.4) is 0 Å². The number of unbranched alkanes of at least 4 members (excludes halogenated alkanes) is 11. The molecule has 0 saturated carbocycles. The van der Waals surface area contributed by atoms with Gasteiger partial charge in [-0.25, -0.2) is 4.79 Å². The monoisotopic (exact) mass is 604 g/mol. The van der Waals surface area contributed by atoms with E-state index in [9.17, 15) is 24.6 Å². The third-order valence-electron chi connectivity index (χ3n) is 5.00. The molecular formula is C28H52O6Sn. The van der Waals surface area contributed by atoms with Gasteiger partial charge in [-0.05, 0) is 25.3 Å². The standard InChI is InChI=1S/C12H24O2.C8H12O4.2C4H9.Sn/c1-2-3-4-5-6-7-8-9-10-11-12(13)14;1-2-3-6-12-8(11)5-4-7(9)10;2*1-3-4-2;/h2-11H2,1H3,(H,13,14);4-5H,2-3,6H2,1H3,(H,9,10);2*1,3-4H2,2H3;/q;;;;+2/p-2/b;5-4-;;;. The van der Waals surface area contributed by atoms with Crippen molar-refractivity contribution in [3.05, 3.63) is 12.2 Å². The molecule has 0 atom stereocenters. The summed E-state index contributed by atoms with van der Waals surface area (Å²) in [5.41, 5.74) is 0. The number of carboxylic acid groups (broad SMARTS) is 2. The molecule has 0 N–H and O–H groups in total. The van der Waals surface area contributed by atoms with Crippen LogP contribution in [0.15, 0.2) is 12.2 Å². The van der Waals surface area contributed by atoms with Crippen LogP contribution in [0, 0.1) is 0 Å². The Labute approximate surface area is 225 Å². The molecule has 0 aromatic carbocycles. The van der Waals surface area contributed by atoms with Crippen LogP contribution in [0.25, 0.3) is 0 Å². The summed E-state index contributed by atoms with van der Waals surface area (Å²) in [5.74, 6) is -2.96. The number of hydrogen-bond acceptors (Lipinski definition) is 6. The number of ether oxygens (including phenoxy) is 1. The van der Waals surface area contributed by atoms with Gasteiger partial charge < -0.3 is 24.5 Å². The van der Waals surface area contributed by atoms with Crippen molar-refractivity contribution >= 4 is 39.1 Å². The molecule has 6 nitrogen and oxygen atoms in total. The molecule has 0 spiro atoms.